The number of amides is 1. The van der Waals surface area contributed by atoms with E-state index in [0.717, 1.165) is 11.1 Å². The minimum Gasteiger partial charge on any atom is -0.489 e. The fraction of sp³-hybridized carbons (Fsp3) is 0.176. The van der Waals surface area contributed by atoms with Crippen molar-refractivity contribution in [1.29, 1.82) is 0 Å². The number of alkyl halides is 3. The van der Waals surface area contributed by atoms with Crippen molar-refractivity contribution < 1.29 is 27.5 Å². The van der Waals surface area contributed by atoms with Crippen LogP contribution >= 0.6 is 0 Å². The Hall–Kier alpha value is -4.85. The maximum absolute atomic E-state index is 14.3. The third-order valence-electron chi connectivity index (χ3n) is 7.67. The number of allylic oxidation sites excluding steroid dienone is 1. The number of fused-ring (bicyclic) bond motifs is 1. The SMILES string of the molecule is O=C1C[C@H](c2ccccc2)CC2=C1[C@H](c1ccccc1OCc1ccccc1)N(C(=O)C(F)(F)F)c1ccccc1N2. The minimum absolute atomic E-state index is 0.0288. The maximum Gasteiger partial charge on any atom is 0.471 e. The van der Waals surface area contributed by atoms with E-state index in [1.807, 2.05) is 60.7 Å². The van der Waals surface area contributed by atoms with E-state index in [-0.39, 0.29) is 41.7 Å². The number of carbonyl (C=O) groups is 2. The van der Waals surface area contributed by atoms with Crippen LogP contribution in [-0.2, 0) is 16.2 Å². The first kappa shape index (κ1) is 27.3. The Labute approximate surface area is 241 Å². The highest BCUT2D eigenvalue weighted by molar-refractivity contribution is 6.08. The van der Waals surface area contributed by atoms with Gasteiger partial charge in [0, 0.05) is 23.3 Å². The first-order valence-electron chi connectivity index (χ1n) is 13.6. The van der Waals surface area contributed by atoms with E-state index in [4.69, 9.17) is 4.74 Å². The quantitative estimate of drug-likeness (QED) is 0.268. The zero-order valence-corrected chi connectivity index (χ0v) is 22.5. The highest BCUT2D eigenvalue weighted by Gasteiger charge is 2.50. The normalized spacial score (nSPS) is 18.5. The van der Waals surface area contributed by atoms with E-state index >= 15 is 0 Å². The first-order valence-corrected chi connectivity index (χ1v) is 13.6. The number of hydrogen-bond donors (Lipinski definition) is 1. The molecule has 1 aliphatic heterocycles. The Morgan fingerprint density at radius 2 is 1.48 bits per heavy atom. The van der Waals surface area contributed by atoms with Gasteiger partial charge in [0.2, 0.25) is 0 Å². The van der Waals surface area contributed by atoms with Crippen LogP contribution in [0, 0.1) is 0 Å². The summed E-state index contributed by atoms with van der Waals surface area (Å²) in [7, 11) is 0. The second kappa shape index (κ2) is 11.2. The number of para-hydroxylation sites is 3. The molecule has 1 amide bonds. The average molecular weight is 569 g/mol. The van der Waals surface area contributed by atoms with E-state index < -0.39 is 18.1 Å². The van der Waals surface area contributed by atoms with Crippen LogP contribution in [0.25, 0.3) is 0 Å². The Morgan fingerprint density at radius 1 is 0.833 bits per heavy atom. The van der Waals surface area contributed by atoms with Crippen molar-refractivity contribution in [2.45, 2.75) is 37.6 Å². The lowest BCUT2D eigenvalue weighted by atomic mass is 9.78. The molecule has 2 atom stereocenters. The second-order valence-corrected chi connectivity index (χ2v) is 10.4. The van der Waals surface area contributed by atoms with Gasteiger partial charge in [0.1, 0.15) is 12.4 Å². The molecule has 8 heteroatoms. The van der Waals surface area contributed by atoms with Gasteiger partial charge in [-0.25, -0.2) is 0 Å². The number of rotatable bonds is 5. The fourth-order valence-corrected chi connectivity index (χ4v) is 5.78. The molecule has 0 aromatic heterocycles. The second-order valence-electron chi connectivity index (χ2n) is 10.4. The zero-order chi connectivity index (χ0) is 29.3. The van der Waals surface area contributed by atoms with E-state index in [0.29, 0.717) is 28.3 Å². The van der Waals surface area contributed by atoms with E-state index in [2.05, 4.69) is 5.32 Å². The predicted octanol–water partition coefficient (Wildman–Crippen LogP) is 7.73. The Balaban J connectivity index is 1.54. The molecule has 0 unspecified atom stereocenters. The lowest BCUT2D eigenvalue weighted by Crippen LogP contribution is -2.45. The standard InChI is InChI=1S/C34H27F3N2O3/c35-34(36,37)33(41)39-28-17-9-8-16-26(28)38-27-19-24(23-13-5-2-6-14-23)20-29(40)31(27)32(39)25-15-7-10-18-30(25)42-21-22-11-3-1-4-12-22/h1-18,24,32,38H,19-21H2/t24-,32+/m1/s1. The third-order valence-corrected chi connectivity index (χ3v) is 7.67. The number of nitrogens with zero attached hydrogens (tertiary/aromatic N) is 1. The zero-order valence-electron chi connectivity index (χ0n) is 22.5. The molecule has 4 aromatic carbocycles. The third kappa shape index (κ3) is 5.28. The fourth-order valence-electron chi connectivity index (χ4n) is 5.78. The van der Waals surface area contributed by atoms with E-state index in [1.54, 1.807) is 42.5 Å². The summed E-state index contributed by atoms with van der Waals surface area (Å²) in [6, 6.07) is 30.5. The van der Waals surface area contributed by atoms with Crippen LogP contribution in [0.2, 0.25) is 0 Å². The number of carbonyl (C=O) groups excluding carboxylic acids is 2. The summed E-state index contributed by atoms with van der Waals surface area (Å²) in [5.41, 5.74) is 3.09. The molecular weight excluding hydrogens is 541 g/mol. The average Bonchev–Trinajstić information content (AvgIpc) is 3.15. The van der Waals surface area contributed by atoms with Crippen LogP contribution in [0.3, 0.4) is 0 Å². The number of hydrogen-bond acceptors (Lipinski definition) is 4. The van der Waals surface area contributed by atoms with Gasteiger partial charge in [-0.1, -0.05) is 91.0 Å². The number of ether oxygens (including phenoxy) is 1. The number of ketones is 1. The smallest absolute Gasteiger partial charge is 0.471 e. The van der Waals surface area contributed by atoms with E-state index in [1.165, 1.54) is 6.07 Å². The van der Waals surface area contributed by atoms with Crippen LogP contribution in [0.15, 0.2) is 120 Å². The molecule has 0 saturated heterocycles. The highest BCUT2D eigenvalue weighted by atomic mass is 19.4. The van der Waals surface area contributed by atoms with E-state index in [9.17, 15) is 22.8 Å². The number of nitrogens with one attached hydrogen (secondary N) is 1. The summed E-state index contributed by atoms with van der Waals surface area (Å²) in [6.45, 7) is 0.155. The summed E-state index contributed by atoms with van der Waals surface area (Å²) in [4.78, 5) is 28.0. The summed E-state index contributed by atoms with van der Waals surface area (Å²) >= 11 is 0. The summed E-state index contributed by atoms with van der Waals surface area (Å²) in [6.07, 6.45) is -4.71. The molecule has 6 rings (SSSR count). The minimum atomic E-state index is -5.19. The molecule has 4 aromatic rings. The molecule has 0 saturated carbocycles. The molecule has 5 nitrogen and oxygen atoms in total. The lowest BCUT2D eigenvalue weighted by Gasteiger charge is -2.36. The molecular formula is C34H27F3N2O3. The van der Waals surface area contributed by atoms with Crippen LogP contribution in [-0.4, -0.2) is 17.9 Å². The van der Waals surface area contributed by atoms with Gasteiger partial charge < -0.3 is 10.1 Å². The van der Waals surface area contributed by atoms with Crippen molar-refractivity contribution in [3.05, 3.63) is 137 Å². The van der Waals surface area contributed by atoms with Gasteiger partial charge in [-0.15, -0.1) is 0 Å². The van der Waals surface area contributed by atoms with Gasteiger partial charge in [0.05, 0.1) is 17.4 Å². The largest absolute Gasteiger partial charge is 0.489 e. The molecule has 1 aliphatic carbocycles. The maximum atomic E-state index is 14.3. The Morgan fingerprint density at radius 3 is 2.21 bits per heavy atom. The van der Waals surface area contributed by atoms with Crippen molar-refractivity contribution in [3.63, 3.8) is 0 Å². The number of halogens is 3. The Bertz CT molecular complexity index is 1650. The molecule has 0 bridgehead atoms. The number of Topliss-reactive ketones (excluding diaryl/α,β-unsaturated/α-hetero) is 1. The van der Waals surface area contributed by atoms with Crippen molar-refractivity contribution in [2.24, 2.45) is 0 Å². The summed E-state index contributed by atoms with van der Waals surface area (Å²) < 4.78 is 49.0. The molecule has 0 fully saturated rings. The Kier molecular flexibility index (Phi) is 7.29. The molecule has 1 heterocycles. The molecule has 2 aliphatic rings. The molecule has 42 heavy (non-hydrogen) atoms. The van der Waals surface area contributed by atoms with Crippen LogP contribution in [0.1, 0.15) is 41.5 Å². The van der Waals surface area contributed by atoms with Crippen molar-refractivity contribution >= 4 is 23.1 Å². The molecule has 0 spiro atoms. The van der Waals surface area contributed by atoms with Crippen molar-refractivity contribution in [1.82, 2.24) is 0 Å². The molecule has 212 valence electrons. The van der Waals surface area contributed by atoms with Gasteiger partial charge in [-0.2, -0.15) is 13.2 Å². The molecule has 0 radical (unpaired) electrons. The van der Waals surface area contributed by atoms with Crippen LogP contribution < -0.4 is 15.0 Å². The highest BCUT2D eigenvalue weighted by Crippen LogP contribution is 2.50. The van der Waals surface area contributed by atoms with Gasteiger partial charge >= 0.3 is 12.1 Å². The van der Waals surface area contributed by atoms with Crippen molar-refractivity contribution in [3.8, 4) is 5.75 Å². The lowest BCUT2D eigenvalue weighted by molar-refractivity contribution is -0.170. The van der Waals surface area contributed by atoms with Gasteiger partial charge in [-0.3, -0.25) is 14.5 Å². The van der Waals surface area contributed by atoms with Crippen LogP contribution in [0.5, 0.6) is 5.75 Å². The monoisotopic (exact) mass is 568 g/mol. The van der Waals surface area contributed by atoms with Gasteiger partial charge in [0.15, 0.2) is 5.78 Å². The first-order chi connectivity index (χ1) is 20.3. The molecule has 1 N–H and O–H groups in total. The number of anilines is 2. The number of benzene rings is 4. The van der Waals surface area contributed by atoms with Gasteiger partial charge in [0.25, 0.3) is 0 Å². The predicted molar refractivity (Wildman–Crippen MR) is 154 cm³/mol. The van der Waals surface area contributed by atoms with Crippen LogP contribution in [0.4, 0.5) is 24.5 Å². The van der Waals surface area contributed by atoms with Crippen molar-refractivity contribution in [2.75, 3.05) is 10.2 Å². The van der Waals surface area contributed by atoms with Gasteiger partial charge in [-0.05, 0) is 41.7 Å². The topological polar surface area (TPSA) is 58.6 Å². The summed E-state index contributed by atoms with van der Waals surface area (Å²) in [5.74, 6) is -2.28. The summed E-state index contributed by atoms with van der Waals surface area (Å²) in [5, 5.41) is 3.26.